The molecule has 1 aliphatic heterocycles. The highest BCUT2D eigenvalue weighted by Gasteiger charge is 2.25. The molecule has 10 heteroatoms. The van der Waals surface area contributed by atoms with Gasteiger partial charge in [0.15, 0.2) is 5.58 Å². The zero-order chi connectivity index (χ0) is 22.7. The molecule has 1 aliphatic rings. The van der Waals surface area contributed by atoms with E-state index in [1.54, 1.807) is 30.3 Å². The van der Waals surface area contributed by atoms with Crippen LogP contribution in [0, 0.1) is 0 Å². The van der Waals surface area contributed by atoms with E-state index < -0.39 is 15.8 Å². The molecular weight excluding hydrogens is 454 g/mol. The van der Waals surface area contributed by atoms with Crippen molar-refractivity contribution in [3.63, 3.8) is 0 Å². The number of oxazole rings is 1. The standard InChI is InChI=1S/C22H24ClN3O5S/c23-16-5-10-19-20(15-16)31-22(28)26(19)14-11-21(27)24-17-6-8-18(9-7-17)32(29,30)25-12-3-1-2-4-13-25/h5-10,15H,1-4,11-14H2,(H,24,27). The average Bonchev–Trinajstić information content (AvgIpc) is 2.93. The van der Waals surface area contributed by atoms with Crippen LogP contribution in [0.2, 0.25) is 5.02 Å². The molecule has 0 unspecified atom stereocenters. The van der Waals surface area contributed by atoms with E-state index in [1.807, 2.05) is 0 Å². The van der Waals surface area contributed by atoms with Gasteiger partial charge in [0, 0.05) is 42.8 Å². The van der Waals surface area contributed by atoms with Crippen molar-refractivity contribution in [1.82, 2.24) is 8.87 Å². The molecule has 0 spiro atoms. The number of carbonyl (C=O) groups excluding carboxylic acids is 1. The Morgan fingerprint density at radius 3 is 2.41 bits per heavy atom. The molecule has 1 amide bonds. The summed E-state index contributed by atoms with van der Waals surface area (Å²) in [6.45, 7) is 1.21. The van der Waals surface area contributed by atoms with Gasteiger partial charge in [-0.3, -0.25) is 9.36 Å². The molecule has 0 radical (unpaired) electrons. The maximum absolute atomic E-state index is 12.9. The minimum absolute atomic E-state index is 0.0466. The van der Waals surface area contributed by atoms with Crippen molar-refractivity contribution in [1.29, 1.82) is 0 Å². The van der Waals surface area contributed by atoms with E-state index in [0.29, 0.717) is 34.9 Å². The van der Waals surface area contributed by atoms with Crippen molar-refractivity contribution in [2.24, 2.45) is 0 Å². The number of nitrogens with one attached hydrogen (secondary N) is 1. The van der Waals surface area contributed by atoms with Gasteiger partial charge >= 0.3 is 5.76 Å². The second-order valence-electron chi connectivity index (χ2n) is 7.77. The average molecular weight is 478 g/mol. The number of hydrogen-bond donors (Lipinski definition) is 1. The van der Waals surface area contributed by atoms with Crippen LogP contribution in [0.5, 0.6) is 0 Å². The quantitative estimate of drug-likeness (QED) is 0.581. The van der Waals surface area contributed by atoms with Crippen LogP contribution < -0.4 is 11.1 Å². The molecule has 0 aliphatic carbocycles. The Bertz CT molecular complexity index is 1270. The van der Waals surface area contributed by atoms with E-state index in [-0.39, 0.29) is 23.8 Å². The van der Waals surface area contributed by atoms with Crippen molar-refractivity contribution in [3.8, 4) is 0 Å². The van der Waals surface area contributed by atoms with Crippen LogP contribution in [-0.2, 0) is 21.4 Å². The molecule has 0 saturated carbocycles. The first-order chi connectivity index (χ1) is 15.3. The van der Waals surface area contributed by atoms with E-state index in [9.17, 15) is 18.0 Å². The van der Waals surface area contributed by atoms with Crippen LogP contribution in [0.1, 0.15) is 32.1 Å². The second-order valence-corrected chi connectivity index (χ2v) is 10.1. The van der Waals surface area contributed by atoms with Crippen molar-refractivity contribution >= 4 is 44.3 Å². The number of anilines is 1. The van der Waals surface area contributed by atoms with Gasteiger partial charge in [-0.2, -0.15) is 4.31 Å². The van der Waals surface area contributed by atoms with Crippen molar-refractivity contribution in [2.75, 3.05) is 18.4 Å². The molecule has 1 N–H and O–H groups in total. The Morgan fingerprint density at radius 2 is 1.72 bits per heavy atom. The number of rotatable bonds is 6. The molecule has 1 saturated heterocycles. The molecule has 8 nitrogen and oxygen atoms in total. The van der Waals surface area contributed by atoms with Crippen LogP contribution in [0.25, 0.3) is 11.1 Å². The number of aromatic nitrogens is 1. The highest BCUT2D eigenvalue weighted by Crippen LogP contribution is 2.22. The fourth-order valence-electron chi connectivity index (χ4n) is 3.83. The summed E-state index contributed by atoms with van der Waals surface area (Å²) >= 11 is 5.91. The molecule has 0 bridgehead atoms. The number of aryl methyl sites for hydroxylation is 1. The summed E-state index contributed by atoms with van der Waals surface area (Å²) in [4.78, 5) is 24.7. The zero-order valence-corrected chi connectivity index (χ0v) is 19.0. The number of fused-ring (bicyclic) bond motifs is 1. The smallest absolute Gasteiger partial charge is 0.408 e. The molecule has 170 valence electrons. The third-order valence-corrected chi connectivity index (χ3v) is 7.68. The Kier molecular flexibility index (Phi) is 6.68. The summed E-state index contributed by atoms with van der Waals surface area (Å²) < 4.78 is 33.8. The number of sulfonamides is 1. The Balaban J connectivity index is 1.39. The topological polar surface area (TPSA) is 102 Å². The fraction of sp³-hybridized carbons (Fsp3) is 0.364. The summed E-state index contributed by atoms with van der Waals surface area (Å²) in [6, 6.07) is 11.0. The van der Waals surface area contributed by atoms with Gasteiger partial charge in [0.05, 0.1) is 10.4 Å². The van der Waals surface area contributed by atoms with Gasteiger partial charge in [0.2, 0.25) is 15.9 Å². The first-order valence-electron chi connectivity index (χ1n) is 10.5. The first kappa shape index (κ1) is 22.6. The summed E-state index contributed by atoms with van der Waals surface area (Å²) in [6.07, 6.45) is 3.88. The Labute approximate surface area is 190 Å². The number of hydrogen-bond acceptors (Lipinski definition) is 5. The lowest BCUT2D eigenvalue weighted by atomic mass is 10.2. The zero-order valence-electron chi connectivity index (χ0n) is 17.4. The van der Waals surface area contributed by atoms with Gasteiger partial charge in [-0.05, 0) is 49.2 Å². The Hall–Kier alpha value is -2.62. The van der Waals surface area contributed by atoms with Crippen LogP contribution in [0.4, 0.5) is 5.69 Å². The monoisotopic (exact) mass is 477 g/mol. The fourth-order valence-corrected chi connectivity index (χ4v) is 5.51. The summed E-state index contributed by atoms with van der Waals surface area (Å²) in [5.74, 6) is -0.860. The highest BCUT2D eigenvalue weighted by molar-refractivity contribution is 7.89. The highest BCUT2D eigenvalue weighted by atomic mass is 35.5. The van der Waals surface area contributed by atoms with Crippen molar-refractivity contribution in [2.45, 2.75) is 43.5 Å². The molecule has 1 fully saturated rings. The lowest BCUT2D eigenvalue weighted by Crippen LogP contribution is -2.31. The molecule has 2 aromatic carbocycles. The lowest BCUT2D eigenvalue weighted by Gasteiger charge is -2.20. The third kappa shape index (κ3) is 4.90. The first-order valence-corrected chi connectivity index (χ1v) is 12.4. The predicted molar refractivity (Wildman–Crippen MR) is 122 cm³/mol. The van der Waals surface area contributed by atoms with Crippen LogP contribution in [0.3, 0.4) is 0 Å². The van der Waals surface area contributed by atoms with Crippen LogP contribution in [0.15, 0.2) is 56.6 Å². The van der Waals surface area contributed by atoms with E-state index in [4.69, 9.17) is 16.0 Å². The molecule has 0 atom stereocenters. The van der Waals surface area contributed by atoms with E-state index >= 15 is 0 Å². The maximum atomic E-state index is 12.9. The second kappa shape index (κ2) is 9.48. The summed E-state index contributed by atoms with van der Waals surface area (Å²) in [5.41, 5.74) is 1.42. The van der Waals surface area contributed by atoms with E-state index in [0.717, 1.165) is 25.7 Å². The number of carbonyl (C=O) groups is 1. The van der Waals surface area contributed by atoms with Crippen molar-refractivity contribution < 1.29 is 17.6 Å². The van der Waals surface area contributed by atoms with Crippen LogP contribution >= 0.6 is 11.6 Å². The molecule has 32 heavy (non-hydrogen) atoms. The molecule has 4 rings (SSSR count). The number of halogens is 1. The number of amides is 1. The van der Waals surface area contributed by atoms with Gasteiger partial charge in [-0.1, -0.05) is 24.4 Å². The third-order valence-electron chi connectivity index (χ3n) is 5.53. The Morgan fingerprint density at radius 1 is 1.03 bits per heavy atom. The van der Waals surface area contributed by atoms with Gasteiger partial charge in [0.25, 0.3) is 0 Å². The summed E-state index contributed by atoms with van der Waals surface area (Å²) in [7, 11) is -3.54. The number of nitrogens with zero attached hydrogens (tertiary/aromatic N) is 2. The normalized spacial score (nSPS) is 15.5. The van der Waals surface area contributed by atoms with Crippen molar-refractivity contribution in [3.05, 3.63) is 58.0 Å². The predicted octanol–water partition coefficient (Wildman–Crippen LogP) is 3.84. The minimum Gasteiger partial charge on any atom is -0.408 e. The molecule has 3 aromatic rings. The number of benzene rings is 2. The molecule has 2 heterocycles. The lowest BCUT2D eigenvalue weighted by molar-refractivity contribution is -0.116. The molecule has 1 aromatic heterocycles. The summed E-state index contributed by atoms with van der Waals surface area (Å²) in [5, 5.41) is 3.19. The van der Waals surface area contributed by atoms with Gasteiger partial charge in [-0.25, -0.2) is 13.2 Å². The molecular formula is C22H24ClN3O5S. The minimum atomic E-state index is -3.54. The SMILES string of the molecule is O=C(CCn1c(=O)oc2cc(Cl)ccc21)Nc1ccc(S(=O)(=O)N2CCCCCC2)cc1. The van der Waals surface area contributed by atoms with E-state index in [1.165, 1.54) is 21.0 Å². The maximum Gasteiger partial charge on any atom is 0.419 e. The van der Waals surface area contributed by atoms with Gasteiger partial charge < -0.3 is 9.73 Å². The largest absolute Gasteiger partial charge is 0.419 e. The van der Waals surface area contributed by atoms with E-state index in [2.05, 4.69) is 5.32 Å². The van der Waals surface area contributed by atoms with Crippen LogP contribution in [-0.4, -0.2) is 36.3 Å². The van der Waals surface area contributed by atoms with Gasteiger partial charge in [0.1, 0.15) is 0 Å². The van der Waals surface area contributed by atoms with Gasteiger partial charge in [-0.15, -0.1) is 0 Å².